The van der Waals surface area contributed by atoms with Crippen LogP contribution >= 0.6 is 0 Å². The van der Waals surface area contributed by atoms with Gasteiger partial charge in [0, 0.05) is 35.8 Å². The van der Waals surface area contributed by atoms with Gasteiger partial charge in [0.1, 0.15) is 17.6 Å². The number of amides is 3. The zero-order valence-electron chi connectivity index (χ0n) is 29.6. The lowest BCUT2D eigenvalue weighted by atomic mass is 9.82. The Morgan fingerprint density at radius 2 is 1.79 bits per heavy atom. The van der Waals surface area contributed by atoms with Crippen LogP contribution in [0.5, 0.6) is 0 Å². The van der Waals surface area contributed by atoms with Crippen LogP contribution in [0.2, 0.25) is 0 Å². The largest absolute Gasteiger partial charge is 0.434 e. The van der Waals surface area contributed by atoms with E-state index < -0.39 is 71.2 Å². The summed E-state index contributed by atoms with van der Waals surface area (Å²) in [5.74, 6) is -7.58. The van der Waals surface area contributed by atoms with Gasteiger partial charge in [-0.25, -0.2) is 22.9 Å². The Kier molecular flexibility index (Phi) is 9.45. The van der Waals surface area contributed by atoms with Gasteiger partial charge >= 0.3 is 11.9 Å². The quantitative estimate of drug-likeness (QED) is 0.140. The SMILES string of the molecule is O=C1CCC(n2c(=O)[nH]c3c([C@H]4CCN(CC5CCC(n6cc7cc(NC(=O)c8cncc(C(F)(F)F)n8)ccc7n6)CC5)CC4(F)F)c(F)ccc32)C(=O)N1. The van der Waals surface area contributed by atoms with E-state index in [9.17, 15) is 32.3 Å². The summed E-state index contributed by atoms with van der Waals surface area (Å²) in [6, 6.07) is 6.25. The minimum absolute atomic E-state index is 0.00136. The molecule has 3 fully saturated rings. The topological polar surface area (TPSA) is 160 Å². The molecule has 2 aromatic carbocycles. The van der Waals surface area contributed by atoms with Gasteiger partial charge in [-0.05, 0) is 81.3 Å². The molecule has 294 valence electrons. The average molecular weight is 784 g/mol. The molecule has 0 bridgehead atoms. The molecule has 0 radical (unpaired) electrons. The number of likely N-dealkylation sites (tertiary alicyclic amines) is 1. The molecule has 5 aromatic rings. The number of aromatic amines is 1. The molecule has 3 amide bonds. The first kappa shape index (κ1) is 37.3. The van der Waals surface area contributed by atoms with Crippen molar-refractivity contribution in [3.63, 3.8) is 0 Å². The number of benzene rings is 2. The highest BCUT2D eigenvalue weighted by Gasteiger charge is 2.48. The summed E-state index contributed by atoms with van der Waals surface area (Å²) in [4.78, 5) is 60.9. The number of imide groups is 1. The molecular formula is C37H35F6N9O4. The molecule has 2 saturated heterocycles. The van der Waals surface area contributed by atoms with Gasteiger partial charge < -0.3 is 10.3 Å². The van der Waals surface area contributed by atoms with Crippen molar-refractivity contribution in [3.05, 3.63) is 82.2 Å². The number of H-pyrrole nitrogens is 1. The number of carbonyl (C=O) groups excluding carboxylic acids is 3. The van der Waals surface area contributed by atoms with Crippen LogP contribution in [0.4, 0.5) is 32.0 Å². The number of hydrogen-bond acceptors (Lipinski definition) is 8. The van der Waals surface area contributed by atoms with Gasteiger partial charge in [0.2, 0.25) is 11.8 Å². The van der Waals surface area contributed by atoms with Crippen molar-refractivity contribution in [1.82, 2.24) is 39.5 Å². The number of alkyl halides is 5. The Balaban J connectivity index is 0.890. The molecule has 56 heavy (non-hydrogen) atoms. The minimum Gasteiger partial charge on any atom is -0.321 e. The van der Waals surface area contributed by atoms with Crippen LogP contribution in [0.1, 0.15) is 84.7 Å². The van der Waals surface area contributed by atoms with Gasteiger partial charge in [-0.2, -0.15) is 18.3 Å². The molecular weight excluding hydrogens is 748 g/mol. The summed E-state index contributed by atoms with van der Waals surface area (Å²) in [6.07, 6.45) is 1.57. The third-order valence-electron chi connectivity index (χ3n) is 11.1. The van der Waals surface area contributed by atoms with Crippen molar-refractivity contribution in [2.24, 2.45) is 5.92 Å². The Morgan fingerprint density at radius 1 is 1.00 bits per heavy atom. The van der Waals surface area contributed by atoms with E-state index in [1.807, 2.05) is 10.9 Å². The van der Waals surface area contributed by atoms with E-state index in [2.05, 4.69) is 30.7 Å². The van der Waals surface area contributed by atoms with E-state index in [1.54, 1.807) is 23.1 Å². The molecule has 1 aliphatic carbocycles. The third-order valence-corrected chi connectivity index (χ3v) is 11.1. The molecule has 5 heterocycles. The number of halogens is 6. The predicted molar refractivity (Wildman–Crippen MR) is 188 cm³/mol. The number of anilines is 1. The number of aromatic nitrogens is 6. The summed E-state index contributed by atoms with van der Waals surface area (Å²) in [5.41, 5.74) is -1.76. The van der Waals surface area contributed by atoms with E-state index in [0.29, 0.717) is 29.3 Å². The molecule has 13 nitrogen and oxygen atoms in total. The normalized spacial score (nSPS) is 23.4. The zero-order chi connectivity index (χ0) is 39.5. The Labute approximate surface area is 313 Å². The number of nitrogens with one attached hydrogen (secondary N) is 3. The molecule has 3 aromatic heterocycles. The first-order valence-electron chi connectivity index (χ1n) is 18.2. The highest BCUT2D eigenvalue weighted by atomic mass is 19.4. The first-order chi connectivity index (χ1) is 26.6. The lowest BCUT2D eigenvalue weighted by Crippen LogP contribution is -2.49. The van der Waals surface area contributed by atoms with Gasteiger partial charge in [-0.3, -0.25) is 38.8 Å². The van der Waals surface area contributed by atoms with Gasteiger partial charge in [-0.15, -0.1) is 0 Å². The van der Waals surface area contributed by atoms with E-state index in [-0.39, 0.29) is 54.4 Å². The summed E-state index contributed by atoms with van der Waals surface area (Å²) in [6.45, 7) is 0.137. The Morgan fingerprint density at radius 3 is 2.52 bits per heavy atom. The summed E-state index contributed by atoms with van der Waals surface area (Å²) >= 11 is 0. The molecule has 2 aliphatic heterocycles. The van der Waals surface area contributed by atoms with Crippen molar-refractivity contribution in [2.75, 3.05) is 25.0 Å². The number of fused-ring (bicyclic) bond motifs is 2. The van der Waals surface area contributed by atoms with Gasteiger partial charge in [0.25, 0.3) is 11.8 Å². The Bertz CT molecular complexity index is 2420. The van der Waals surface area contributed by atoms with Crippen LogP contribution in [0.25, 0.3) is 21.9 Å². The van der Waals surface area contributed by atoms with E-state index in [1.165, 1.54) is 6.07 Å². The second-order valence-electron chi connectivity index (χ2n) is 14.8. The second-order valence-corrected chi connectivity index (χ2v) is 14.8. The number of imidazole rings is 1. The minimum atomic E-state index is -4.75. The third kappa shape index (κ3) is 7.14. The fraction of sp³-hybridized carbons (Fsp3) is 0.432. The van der Waals surface area contributed by atoms with Crippen LogP contribution in [-0.2, 0) is 15.8 Å². The number of rotatable bonds is 7. The molecule has 1 unspecified atom stereocenters. The zero-order valence-corrected chi connectivity index (χ0v) is 29.6. The summed E-state index contributed by atoms with van der Waals surface area (Å²) in [7, 11) is 0. The first-order valence-corrected chi connectivity index (χ1v) is 18.2. The monoisotopic (exact) mass is 783 g/mol. The lowest BCUT2D eigenvalue weighted by molar-refractivity contribution is -0.141. The number of nitrogens with zero attached hydrogens (tertiary/aromatic N) is 6. The average Bonchev–Trinajstić information content (AvgIpc) is 3.72. The van der Waals surface area contributed by atoms with E-state index in [4.69, 9.17) is 0 Å². The summed E-state index contributed by atoms with van der Waals surface area (Å²) < 4.78 is 89.4. The molecule has 1 saturated carbocycles. The standard InChI is InChI=1S/C37H35F6N9O4/c38-24-6-8-27-32(48-35(56)52(27)28-9-10-30(53)47-34(28)55)31(24)23-11-12-50(18-36(23,39)40)16-19-1-4-22(5-2-19)51-17-20-13-21(3-7-25(20)49-51)45-33(54)26-14-44-15-29(46-26)37(41,42)43/h3,6-8,13-15,17,19,22-23,28H,1-2,4-5,9-12,16,18H2,(H,45,54)(H,48,56)(H,47,53,55)/t19?,22?,23-,28?/m1/s1. The van der Waals surface area contributed by atoms with Gasteiger partial charge in [0.15, 0.2) is 5.69 Å². The smallest absolute Gasteiger partial charge is 0.321 e. The maximum atomic E-state index is 16.0. The van der Waals surface area contributed by atoms with Crippen molar-refractivity contribution < 1.29 is 40.7 Å². The molecule has 19 heteroatoms. The van der Waals surface area contributed by atoms with E-state index >= 15 is 13.2 Å². The van der Waals surface area contributed by atoms with Crippen molar-refractivity contribution in [3.8, 4) is 0 Å². The molecule has 8 rings (SSSR count). The van der Waals surface area contributed by atoms with Crippen LogP contribution in [0.3, 0.4) is 0 Å². The van der Waals surface area contributed by atoms with Crippen LogP contribution in [0, 0.1) is 11.7 Å². The molecule has 0 spiro atoms. The maximum Gasteiger partial charge on any atom is 0.434 e. The molecule has 2 atom stereocenters. The number of carbonyl (C=O) groups is 3. The van der Waals surface area contributed by atoms with E-state index in [0.717, 1.165) is 42.5 Å². The fourth-order valence-corrected chi connectivity index (χ4v) is 8.37. The Hall–Kier alpha value is -5.59. The highest BCUT2D eigenvalue weighted by Crippen LogP contribution is 2.44. The van der Waals surface area contributed by atoms with Gasteiger partial charge in [0.05, 0.1) is 47.4 Å². The fourth-order valence-electron chi connectivity index (χ4n) is 8.37. The second kappa shape index (κ2) is 14.2. The van der Waals surface area contributed by atoms with Crippen molar-refractivity contribution >= 4 is 45.3 Å². The number of piperidine rings is 2. The highest BCUT2D eigenvalue weighted by molar-refractivity contribution is 6.03. The van der Waals surface area contributed by atoms with Crippen LogP contribution < -0.4 is 16.3 Å². The predicted octanol–water partition coefficient (Wildman–Crippen LogP) is 5.71. The molecule has 3 N–H and O–H groups in total. The molecule has 3 aliphatic rings. The van der Waals surface area contributed by atoms with Crippen molar-refractivity contribution in [1.29, 1.82) is 0 Å². The van der Waals surface area contributed by atoms with Crippen LogP contribution in [-0.4, -0.2) is 77.5 Å². The lowest BCUT2D eigenvalue weighted by Gasteiger charge is -2.41. The van der Waals surface area contributed by atoms with Gasteiger partial charge in [-0.1, -0.05) is 0 Å². The number of hydrogen-bond donors (Lipinski definition) is 3. The summed E-state index contributed by atoms with van der Waals surface area (Å²) in [5, 5.41) is 10.1. The van der Waals surface area contributed by atoms with Crippen LogP contribution in [0.15, 0.2) is 53.7 Å². The maximum absolute atomic E-state index is 16.0. The van der Waals surface area contributed by atoms with Crippen molar-refractivity contribution in [2.45, 2.75) is 75.0 Å².